The van der Waals surface area contributed by atoms with Crippen LogP contribution < -0.4 is 4.74 Å². The topological polar surface area (TPSA) is 22.1 Å². The zero-order valence-electron chi connectivity index (χ0n) is 20.0. The first-order valence-electron chi connectivity index (χ1n) is 12.5. The van der Waals surface area contributed by atoms with E-state index in [1.54, 1.807) is 0 Å². The number of nitrogens with zero attached hydrogens (tertiary/aromatic N) is 1. The van der Waals surface area contributed by atoms with Crippen molar-refractivity contribution in [3.05, 3.63) is 83.7 Å². The fourth-order valence-corrected chi connectivity index (χ4v) is 3.90. The van der Waals surface area contributed by atoms with Crippen LogP contribution in [0.3, 0.4) is 0 Å². The molecule has 32 heavy (non-hydrogen) atoms. The summed E-state index contributed by atoms with van der Waals surface area (Å²) in [5.41, 5.74) is 6.38. The van der Waals surface area contributed by atoms with E-state index in [0.717, 1.165) is 44.5 Å². The number of aryl methyl sites for hydroxylation is 3. The van der Waals surface area contributed by atoms with Crippen LogP contribution in [0.25, 0.3) is 11.1 Å². The molecular weight excluding hydrogens is 390 g/mol. The Morgan fingerprint density at radius 1 is 0.594 bits per heavy atom. The first kappa shape index (κ1) is 24.0. The summed E-state index contributed by atoms with van der Waals surface area (Å²) >= 11 is 0. The summed E-state index contributed by atoms with van der Waals surface area (Å²) in [5, 5.41) is 0. The molecule has 3 aromatic rings. The quantitative estimate of drug-likeness (QED) is 0.241. The van der Waals surface area contributed by atoms with Gasteiger partial charge < -0.3 is 4.74 Å². The fourth-order valence-electron chi connectivity index (χ4n) is 3.90. The Morgan fingerprint density at radius 3 is 1.91 bits per heavy atom. The number of hydrogen-bond donors (Lipinski definition) is 0. The molecule has 170 valence electrons. The molecule has 0 aliphatic heterocycles. The number of aromatic nitrogens is 1. The highest BCUT2D eigenvalue weighted by Gasteiger charge is 2.02. The van der Waals surface area contributed by atoms with Crippen molar-refractivity contribution < 1.29 is 4.74 Å². The second-order valence-corrected chi connectivity index (χ2v) is 8.75. The van der Waals surface area contributed by atoms with Crippen LogP contribution in [0, 0.1) is 0 Å². The molecule has 0 aliphatic carbocycles. The van der Waals surface area contributed by atoms with Crippen molar-refractivity contribution in [2.45, 2.75) is 78.1 Å². The lowest BCUT2D eigenvalue weighted by atomic mass is 10.0. The molecule has 1 heterocycles. The number of rotatable bonds is 14. The van der Waals surface area contributed by atoms with Gasteiger partial charge >= 0.3 is 0 Å². The van der Waals surface area contributed by atoms with Crippen LogP contribution in [0.5, 0.6) is 5.75 Å². The van der Waals surface area contributed by atoms with Crippen LogP contribution >= 0.6 is 0 Å². The number of unbranched alkanes of at least 4 members (excludes halogenated alkanes) is 5. The van der Waals surface area contributed by atoms with Crippen LogP contribution in [0.4, 0.5) is 0 Å². The van der Waals surface area contributed by atoms with Gasteiger partial charge in [-0.1, -0.05) is 88.4 Å². The summed E-state index contributed by atoms with van der Waals surface area (Å²) < 4.78 is 5.77. The molecule has 2 aromatic carbocycles. The molecule has 0 aliphatic rings. The van der Waals surface area contributed by atoms with Crippen molar-refractivity contribution >= 4 is 0 Å². The third kappa shape index (κ3) is 8.15. The van der Waals surface area contributed by atoms with Gasteiger partial charge in [-0.3, -0.25) is 4.98 Å². The van der Waals surface area contributed by atoms with Crippen molar-refractivity contribution in [2.75, 3.05) is 6.61 Å². The van der Waals surface area contributed by atoms with Gasteiger partial charge in [0.1, 0.15) is 5.75 Å². The van der Waals surface area contributed by atoms with Gasteiger partial charge in [0, 0.05) is 11.9 Å². The van der Waals surface area contributed by atoms with E-state index in [1.807, 2.05) is 0 Å². The molecule has 0 fully saturated rings. The summed E-state index contributed by atoms with van der Waals surface area (Å²) in [6, 6.07) is 21.8. The number of benzene rings is 2. The van der Waals surface area contributed by atoms with E-state index in [1.165, 1.54) is 60.1 Å². The Balaban J connectivity index is 1.44. The molecule has 0 bridgehead atoms. The molecule has 3 rings (SSSR count). The smallest absolute Gasteiger partial charge is 0.119 e. The highest BCUT2D eigenvalue weighted by Crippen LogP contribution is 2.23. The van der Waals surface area contributed by atoms with Gasteiger partial charge in [0.25, 0.3) is 0 Å². The summed E-state index contributed by atoms with van der Waals surface area (Å²) in [7, 11) is 0. The van der Waals surface area contributed by atoms with E-state index in [4.69, 9.17) is 9.72 Å². The first-order valence-corrected chi connectivity index (χ1v) is 12.5. The largest absolute Gasteiger partial charge is 0.494 e. The van der Waals surface area contributed by atoms with Gasteiger partial charge in [0.15, 0.2) is 0 Å². The lowest BCUT2D eigenvalue weighted by Crippen LogP contribution is -1.96. The molecular formula is C30H39NO. The Bertz CT molecular complexity index is 882. The van der Waals surface area contributed by atoms with Gasteiger partial charge in [-0.05, 0) is 72.6 Å². The molecule has 0 atom stereocenters. The van der Waals surface area contributed by atoms with E-state index in [9.17, 15) is 0 Å². The maximum atomic E-state index is 5.77. The molecule has 0 spiro atoms. The van der Waals surface area contributed by atoms with E-state index in [-0.39, 0.29) is 0 Å². The van der Waals surface area contributed by atoms with Crippen molar-refractivity contribution in [3.8, 4) is 16.9 Å². The maximum absolute atomic E-state index is 5.77. The lowest BCUT2D eigenvalue weighted by Gasteiger charge is -2.08. The highest BCUT2D eigenvalue weighted by molar-refractivity contribution is 5.64. The second-order valence-electron chi connectivity index (χ2n) is 8.75. The third-order valence-corrected chi connectivity index (χ3v) is 6.03. The van der Waals surface area contributed by atoms with Gasteiger partial charge in [-0.25, -0.2) is 0 Å². The molecule has 0 N–H and O–H groups in total. The van der Waals surface area contributed by atoms with E-state index in [0.29, 0.717) is 0 Å². The lowest BCUT2D eigenvalue weighted by molar-refractivity contribution is 0.309. The average molecular weight is 430 g/mol. The zero-order valence-corrected chi connectivity index (χ0v) is 20.0. The first-order chi connectivity index (χ1) is 15.8. The molecule has 0 amide bonds. The highest BCUT2D eigenvalue weighted by atomic mass is 16.5. The molecule has 2 heteroatoms. The Kier molecular flexibility index (Phi) is 10.3. The van der Waals surface area contributed by atoms with Gasteiger partial charge in [0.2, 0.25) is 0 Å². The van der Waals surface area contributed by atoms with Gasteiger partial charge in [0.05, 0.1) is 6.61 Å². The number of ether oxygens (including phenoxy) is 1. The Morgan fingerprint density at radius 2 is 1.25 bits per heavy atom. The Labute approximate surface area is 195 Å². The summed E-state index contributed by atoms with van der Waals surface area (Å²) in [6.45, 7) is 5.24. The van der Waals surface area contributed by atoms with Crippen LogP contribution in [0.1, 0.15) is 75.6 Å². The number of pyridine rings is 1. The molecule has 1 aromatic heterocycles. The van der Waals surface area contributed by atoms with Crippen LogP contribution in [-0.2, 0) is 19.3 Å². The minimum absolute atomic E-state index is 0.793. The predicted molar refractivity (Wildman–Crippen MR) is 136 cm³/mol. The minimum Gasteiger partial charge on any atom is -0.494 e. The molecule has 0 radical (unpaired) electrons. The SMILES string of the molecule is CCCCCCCc1ccc(CCc2ccc(-c3ccc(OCCCC)cc3)cc2)nc1. The van der Waals surface area contributed by atoms with E-state index >= 15 is 0 Å². The van der Waals surface area contributed by atoms with Gasteiger partial charge in [-0.15, -0.1) is 0 Å². The maximum Gasteiger partial charge on any atom is 0.119 e. The zero-order chi connectivity index (χ0) is 22.4. The molecule has 0 saturated heterocycles. The van der Waals surface area contributed by atoms with Gasteiger partial charge in [-0.2, -0.15) is 0 Å². The van der Waals surface area contributed by atoms with Crippen LogP contribution in [0.15, 0.2) is 66.9 Å². The van der Waals surface area contributed by atoms with Crippen molar-refractivity contribution in [1.82, 2.24) is 4.98 Å². The van der Waals surface area contributed by atoms with Crippen molar-refractivity contribution in [2.24, 2.45) is 0 Å². The fraction of sp³-hybridized carbons (Fsp3) is 0.433. The van der Waals surface area contributed by atoms with Crippen molar-refractivity contribution in [1.29, 1.82) is 0 Å². The normalized spacial score (nSPS) is 10.9. The standard InChI is InChI=1S/C30H39NO/c1-3-5-7-8-9-10-26-14-20-29(31-24-26)19-13-25-11-15-27(16-12-25)28-17-21-30(22-18-28)32-23-6-4-2/h11-12,14-18,20-22,24H,3-10,13,19,23H2,1-2H3. The number of hydrogen-bond acceptors (Lipinski definition) is 2. The minimum atomic E-state index is 0.793. The summed E-state index contributed by atoms with van der Waals surface area (Å²) in [4.78, 5) is 4.70. The van der Waals surface area contributed by atoms with E-state index < -0.39 is 0 Å². The summed E-state index contributed by atoms with van der Waals surface area (Å²) in [5.74, 6) is 0.953. The molecule has 0 unspecified atom stereocenters. The summed E-state index contributed by atoms with van der Waals surface area (Å²) in [6.07, 6.45) is 14.1. The average Bonchev–Trinajstić information content (AvgIpc) is 2.84. The molecule has 2 nitrogen and oxygen atoms in total. The van der Waals surface area contributed by atoms with E-state index in [2.05, 4.69) is 80.7 Å². The van der Waals surface area contributed by atoms with Crippen molar-refractivity contribution in [3.63, 3.8) is 0 Å². The molecule has 0 saturated carbocycles. The third-order valence-electron chi connectivity index (χ3n) is 6.03. The Hall–Kier alpha value is -2.61. The second kappa shape index (κ2) is 13.7. The van der Waals surface area contributed by atoms with Crippen LogP contribution in [0.2, 0.25) is 0 Å². The predicted octanol–water partition coefficient (Wildman–Crippen LogP) is 8.23. The monoisotopic (exact) mass is 429 g/mol. The van der Waals surface area contributed by atoms with Crippen LogP contribution in [-0.4, -0.2) is 11.6 Å².